The van der Waals surface area contributed by atoms with Crippen LogP contribution in [0.15, 0.2) is 81.1 Å². The Kier molecular flexibility index (Phi) is 6.04. The van der Waals surface area contributed by atoms with Gasteiger partial charge < -0.3 is 0 Å². The second-order valence-corrected chi connectivity index (χ2v) is 9.87. The highest BCUT2D eigenvalue weighted by molar-refractivity contribution is 7.15. The van der Waals surface area contributed by atoms with Crippen molar-refractivity contribution in [2.45, 2.75) is 26.7 Å². The van der Waals surface area contributed by atoms with Crippen molar-refractivity contribution >= 4 is 33.5 Å². The SMILES string of the molecule is Cc1nc(N=Nc2c(-c3ccccc3)[nH]n(-c3nc(-c4ccccc4)cs3)c2=O)sc1C(C)C. The minimum Gasteiger partial charge on any atom is -0.286 e. The lowest BCUT2D eigenvalue weighted by Crippen LogP contribution is -2.13. The van der Waals surface area contributed by atoms with Crippen LogP contribution in [-0.4, -0.2) is 19.7 Å². The summed E-state index contributed by atoms with van der Waals surface area (Å²) in [5.41, 5.74) is 4.09. The van der Waals surface area contributed by atoms with E-state index in [2.05, 4.69) is 39.1 Å². The molecule has 0 aliphatic carbocycles. The lowest BCUT2D eigenvalue weighted by atomic mass is 10.1. The van der Waals surface area contributed by atoms with Gasteiger partial charge in [0.05, 0.1) is 17.1 Å². The van der Waals surface area contributed by atoms with Crippen molar-refractivity contribution in [3.8, 4) is 27.6 Å². The van der Waals surface area contributed by atoms with Crippen molar-refractivity contribution in [3.05, 3.63) is 87.0 Å². The molecule has 7 nitrogen and oxygen atoms in total. The quantitative estimate of drug-likeness (QED) is 0.256. The molecule has 3 aromatic heterocycles. The van der Waals surface area contributed by atoms with Crippen molar-refractivity contribution in [1.82, 2.24) is 19.7 Å². The van der Waals surface area contributed by atoms with Gasteiger partial charge in [-0.2, -0.15) is 4.68 Å². The minimum absolute atomic E-state index is 0.224. The summed E-state index contributed by atoms with van der Waals surface area (Å²) in [4.78, 5) is 23.8. The van der Waals surface area contributed by atoms with Gasteiger partial charge in [0.2, 0.25) is 10.3 Å². The molecule has 1 N–H and O–H groups in total. The van der Waals surface area contributed by atoms with Crippen molar-refractivity contribution in [2.24, 2.45) is 10.2 Å². The number of nitrogens with one attached hydrogen (secondary N) is 1. The monoisotopic (exact) mass is 486 g/mol. The van der Waals surface area contributed by atoms with Crippen LogP contribution in [0.25, 0.3) is 27.6 Å². The molecular formula is C25H22N6OS2. The third-order valence-corrected chi connectivity index (χ3v) is 7.43. The Morgan fingerprint density at radius 3 is 2.26 bits per heavy atom. The molecule has 0 radical (unpaired) electrons. The second kappa shape index (κ2) is 9.28. The van der Waals surface area contributed by atoms with Gasteiger partial charge in [-0.3, -0.25) is 9.89 Å². The number of aromatic nitrogens is 4. The van der Waals surface area contributed by atoms with Gasteiger partial charge >= 0.3 is 5.56 Å². The van der Waals surface area contributed by atoms with E-state index in [0.29, 0.717) is 21.9 Å². The predicted octanol–water partition coefficient (Wildman–Crippen LogP) is 7.26. The van der Waals surface area contributed by atoms with E-state index in [9.17, 15) is 4.79 Å². The van der Waals surface area contributed by atoms with E-state index in [1.165, 1.54) is 32.2 Å². The molecule has 0 unspecified atom stereocenters. The fourth-order valence-corrected chi connectivity index (χ4v) is 5.32. The third kappa shape index (κ3) is 4.27. The second-order valence-electron chi connectivity index (χ2n) is 8.02. The Morgan fingerprint density at radius 1 is 0.941 bits per heavy atom. The zero-order valence-electron chi connectivity index (χ0n) is 18.9. The Bertz CT molecular complexity index is 1510. The average molecular weight is 487 g/mol. The summed E-state index contributed by atoms with van der Waals surface area (Å²) in [7, 11) is 0. The third-order valence-electron chi connectivity index (χ3n) is 5.26. The number of thiazole rings is 2. The first-order valence-electron chi connectivity index (χ1n) is 10.8. The molecule has 5 aromatic rings. The van der Waals surface area contributed by atoms with E-state index in [4.69, 9.17) is 0 Å². The maximum Gasteiger partial charge on any atom is 0.301 e. The van der Waals surface area contributed by atoms with Crippen LogP contribution < -0.4 is 5.56 Å². The Balaban J connectivity index is 1.59. The average Bonchev–Trinajstić information content (AvgIpc) is 3.56. The molecule has 170 valence electrons. The number of hydrogen-bond donors (Lipinski definition) is 1. The van der Waals surface area contributed by atoms with Gasteiger partial charge in [0.15, 0.2) is 5.69 Å². The number of H-pyrrole nitrogens is 1. The van der Waals surface area contributed by atoms with Crippen molar-refractivity contribution in [1.29, 1.82) is 0 Å². The van der Waals surface area contributed by atoms with Crippen LogP contribution in [0, 0.1) is 6.92 Å². The number of nitrogens with zero attached hydrogens (tertiary/aromatic N) is 5. The molecule has 0 atom stereocenters. The van der Waals surface area contributed by atoms with Crippen LogP contribution in [0.3, 0.4) is 0 Å². The summed E-state index contributed by atoms with van der Waals surface area (Å²) in [6.45, 7) is 6.21. The van der Waals surface area contributed by atoms with E-state index in [0.717, 1.165) is 22.5 Å². The van der Waals surface area contributed by atoms with E-state index < -0.39 is 0 Å². The van der Waals surface area contributed by atoms with Crippen LogP contribution >= 0.6 is 22.7 Å². The van der Waals surface area contributed by atoms with Crippen molar-refractivity contribution < 1.29 is 0 Å². The predicted molar refractivity (Wildman–Crippen MR) is 138 cm³/mol. The molecular weight excluding hydrogens is 464 g/mol. The Hall–Kier alpha value is -3.69. The Labute approximate surface area is 204 Å². The maximum atomic E-state index is 13.4. The van der Waals surface area contributed by atoms with Crippen molar-refractivity contribution in [2.75, 3.05) is 0 Å². The van der Waals surface area contributed by atoms with E-state index in [1.54, 1.807) is 0 Å². The van der Waals surface area contributed by atoms with Crippen molar-refractivity contribution in [3.63, 3.8) is 0 Å². The summed E-state index contributed by atoms with van der Waals surface area (Å²) in [5, 5.41) is 14.9. The van der Waals surface area contributed by atoms with Crippen LogP contribution in [0.5, 0.6) is 0 Å². The summed E-state index contributed by atoms with van der Waals surface area (Å²) in [5.74, 6) is 0.356. The van der Waals surface area contributed by atoms with Crippen LogP contribution in [-0.2, 0) is 0 Å². The smallest absolute Gasteiger partial charge is 0.286 e. The topological polar surface area (TPSA) is 88.3 Å². The first-order chi connectivity index (χ1) is 16.5. The summed E-state index contributed by atoms with van der Waals surface area (Å²) in [6, 6.07) is 19.5. The van der Waals surface area contributed by atoms with Gasteiger partial charge in [0.1, 0.15) is 0 Å². The molecule has 0 spiro atoms. The molecule has 0 aliphatic rings. The van der Waals surface area contributed by atoms with Crippen LogP contribution in [0.4, 0.5) is 10.8 Å². The van der Waals surface area contributed by atoms with Gasteiger partial charge in [-0.05, 0) is 12.8 Å². The summed E-state index contributed by atoms with van der Waals surface area (Å²) < 4.78 is 1.43. The lowest BCUT2D eigenvalue weighted by Gasteiger charge is -1.99. The molecule has 0 fully saturated rings. The molecule has 5 rings (SSSR count). The number of aromatic amines is 1. The zero-order valence-corrected chi connectivity index (χ0v) is 20.5. The normalized spacial score (nSPS) is 11.6. The molecule has 2 aromatic carbocycles. The first kappa shape index (κ1) is 22.1. The number of rotatable bonds is 6. The Morgan fingerprint density at radius 2 is 1.62 bits per heavy atom. The first-order valence-corrected chi connectivity index (χ1v) is 12.5. The number of hydrogen-bond acceptors (Lipinski definition) is 7. The molecule has 0 saturated carbocycles. The van der Waals surface area contributed by atoms with Gasteiger partial charge in [0.25, 0.3) is 0 Å². The largest absolute Gasteiger partial charge is 0.301 e. The fraction of sp³-hybridized carbons (Fsp3) is 0.160. The van der Waals surface area contributed by atoms with Gasteiger partial charge in [-0.1, -0.05) is 85.8 Å². The number of aryl methyl sites for hydroxylation is 1. The van der Waals surface area contributed by atoms with Gasteiger partial charge in [-0.25, -0.2) is 9.97 Å². The molecule has 0 saturated heterocycles. The van der Waals surface area contributed by atoms with Crippen LogP contribution in [0.1, 0.15) is 30.3 Å². The standard InChI is InChI=1S/C25H22N6OS2/c1-15(2)22-16(3)26-24(34-22)29-28-21-20(18-12-8-5-9-13-18)30-31(23(21)32)25-27-19(14-33-25)17-10-6-4-7-11-17/h4-15,30H,1-3H3. The molecule has 3 heterocycles. The molecule has 0 aliphatic heterocycles. The maximum absolute atomic E-state index is 13.4. The minimum atomic E-state index is -0.311. The van der Waals surface area contributed by atoms with Crippen LogP contribution in [0.2, 0.25) is 0 Å². The van der Waals surface area contributed by atoms with Gasteiger partial charge in [0, 0.05) is 21.4 Å². The zero-order chi connectivity index (χ0) is 23.7. The van der Waals surface area contributed by atoms with E-state index in [1.807, 2.05) is 73.0 Å². The molecule has 9 heteroatoms. The highest BCUT2D eigenvalue weighted by Crippen LogP contribution is 2.33. The number of azo groups is 1. The highest BCUT2D eigenvalue weighted by atomic mass is 32.1. The fourth-order valence-electron chi connectivity index (χ4n) is 3.64. The summed E-state index contributed by atoms with van der Waals surface area (Å²) >= 11 is 2.89. The van der Waals surface area contributed by atoms with E-state index >= 15 is 0 Å². The lowest BCUT2D eigenvalue weighted by molar-refractivity contribution is 0.843. The van der Waals surface area contributed by atoms with E-state index in [-0.39, 0.29) is 11.2 Å². The van der Waals surface area contributed by atoms with Gasteiger partial charge in [-0.15, -0.1) is 21.6 Å². The number of benzene rings is 2. The molecule has 34 heavy (non-hydrogen) atoms. The highest BCUT2D eigenvalue weighted by Gasteiger charge is 2.19. The molecule has 0 amide bonds. The molecule has 0 bridgehead atoms. The summed E-state index contributed by atoms with van der Waals surface area (Å²) in [6.07, 6.45) is 0.